The molecule has 0 unspecified atom stereocenters. The summed E-state index contributed by atoms with van der Waals surface area (Å²) in [6.45, 7) is 1.93. The Hall–Kier alpha value is -1.98. The number of amides is 2. The second kappa shape index (κ2) is 7.37. The predicted molar refractivity (Wildman–Crippen MR) is 66.5 cm³/mol. The van der Waals surface area contributed by atoms with Gasteiger partial charge in [-0.3, -0.25) is 4.90 Å². The van der Waals surface area contributed by atoms with E-state index >= 15 is 0 Å². The number of rotatable bonds is 0. The standard InChI is InChI=1S/C6H11NO2.C6H7NO2/c2*8-6(9)7-4-2-1-3-5-7/h1-5H2,(H,8,9);1-4H,5H2,(H,8,9). The van der Waals surface area contributed by atoms with Gasteiger partial charge in [-0.1, -0.05) is 12.2 Å². The summed E-state index contributed by atoms with van der Waals surface area (Å²) >= 11 is 0. The Morgan fingerprint density at radius 1 is 0.944 bits per heavy atom. The van der Waals surface area contributed by atoms with E-state index in [0.29, 0.717) is 6.54 Å². The van der Waals surface area contributed by atoms with Gasteiger partial charge in [0.15, 0.2) is 0 Å². The summed E-state index contributed by atoms with van der Waals surface area (Å²) in [5.41, 5.74) is 0. The van der Waals surface area contributed by atoms with Crippen LogP contribution in [0.2, 0.25) is 0 Å². The van der Waals surface area contributed by atoms with Crippen molar-refractivity contribution in [1.29, 1.82) is 0 Å². The largest absolute Gasteiger partial charge is 0.465 e. The molecule has 2 aliphatic heterocycles. The average Bonchev–Trinajstić information content (AvgIpc) is 2.41. The minimum absolute atomic E-state index is 0.464. The van der Waals surface area contributed by atoms with Crippen molar-refractivity contribution in [3.8, 4) is 0 Å². The number of carboxylic acid groups (broad SMARTS) is 2. The summed E-state index contributed by atoms with van der Waals surface area (Å²) in [5, 5.41) is 16.8. The van der Waals surface area contributed by atoms with Gasteiger partial charge in [-0.25, -0.2) is 9.59 Å². The first kappa shape index (κ1) is 14.1. The molecule has 100 valence electrons. The maximum absolute atomic E-state index is 10.3. The Morgan fingerprint density at radius 2 is 1.61 bits per heavy atom. The fraction of sp³-hybridized carbons (Fsp3) is 0.500. The molecule has 1 fully saturated rings. The van der Waals surface area contributed by atoms with Crippen molar-refractivity contribution in [2.45, 2.75) is 19.3 Å². The highest BCUT2D eigenvalue weighted by molar-refractivity contribution is 5.67. The first-order chi connectivity index (χ1) is 8.61. The van der Waals surface area contributed by atoms with Crippen LogP contribution in [0.5, 0.6) is 0 Å². The lowest BCUT2D eigenvalue weighted by molar-refractivity contribution is 0.136. The van der Waals surface area contributed by atoms with Gasteiger partial charge in [0, 0.05) is 25.8 Å². The maximum Gasteiger partial charge on any atom is 0.411 e. The molecule has 0 aromatic heterocycles. The number of hydrogen-bond acceptors (Lipinski definition) is 2. The zero-order valence-electron chi connectivity index (χ0n) is 10.2. The average molecular weight is 254 g/mol. The second-order valence-corrected chi connectivity index (χ2v) is 4.03. The Labute approximate surface area is 106 Å². The molecule has 0 aliphatic carbocycles. The third-order valence-electron chi connectivity index (χ3n) is 2.69. The van der Waals surface area contributed by atoms with Crippen molar-refractivity contribution >= 4 is 12.2 Å². The molecule has 2 aliphatic rings. The third-order valence-corrected chi connectivity index (χ3v) is 2.69. The van der Waals surface area contributed by atoms with Crippen molar-refractivity contribution in [2.24, 2.45) is 0 Å². The molecule has 2 N–H and O–H groups in total. The molecule has 1 saturated heterocycles. The first-order valence-electron chi connectivity index (χ1n) is 5.92. The highest BCUT2D eigenvalue weighted by Crippen LogP contribution is 2.07. The van der Waals surface area contributed by atoms with Crippen molar-refractivity contribution < 1.29 is 19.8 Å². The molecule has 0 aromatic rings. The Balaban J connectivity index is 0.000000180. The molecule has 2 rings (SSSR count). The fourth-order valence-electron chi connectivity index (χ4n) is 1.69. The molecule has 0 bridgehead atoms. The second-order valence-electron chi connectivity index (χ2n) is 4.03. The van der Waals surface area contributed by atoms with E-state index in [2.05, 4.69) is 0 Å². The minimum atomic E-state index is -0.907. The zero-order chi connectivity index (χ0) is 13.4. The number of allylic oxidation sites excluding steroid dienone is 2. The summed E-state index contributed by atoms with van der Waals surface area (Å²) in [7, 11) is 0. The van der Waals surface area contributed by atoms with E-state index in [1.54, 1.807) is 12.2 Å². The van der Waals surface area contributed by atoms with E-state index in [4.69, 9.17) is 10.2 Å². The lowest BCUT2D eigenvalue weighted by atomic mass is 10.1. The molecule has 6 heteroatoms. The van der Waals surface area contributed by atoms with E-state index in [1.807, 2.05) is 6.08 Å². The number of carbonyl (C=O) groups is 2. The van der Waals surface area contributed by atoms with E-state index in [9.17, 15) is 9.59 Å². The van der Waals surface area contributed by atoms with E-state index in [-0.39, 0.29) is 0 Å². The van der Waals surface area contributed by atoms with Crippen LogP contribution in [0.3, 0.4) is 0 Å². The summed E-state index contributed by atoms with van der Waals surface area (Å²) in [4.78, 5) is 23.2. The van der Waals surface area contributed by atoms with Crippen LogP contribution in [0.15, 0.2) is 24.4 Å². The Morgan fingerprint density at radius 3 is 1.94 bits per heavy atom. The maximum atomic E-state index is 10.3. The highest BCUT2D eigenvalue weighted by atomic mass is 16.4. The van der Waals surface area contributed by atoms with Gasteiger partial charge in [-0.15, -0.1) is 0 Å². The molecule has 0 radical (unpaired) electrons. The van der Waals surface area contributed by atoms with E-state index < -0.39 is 12.2 Å². The molecule has 2 heterocycles. The van der Waals surface area contributed by atoms with Gasteiger partial charge < -0.3 is 15.1 Å². The van der Waals surface area contributed by atoms with Crippen molar-refractivity contribution in [3.63, 3.8) is 0 Å². The molecule has 0 aromatic carbocycles. The molecule has 6 nitrogen and oxygen atoms in total. The molecular weight excluding hydrogens is 236 g/mol. The van der Waals surface area contributed by atoms with Crippen LogP contribution in [-0.2, 0) is 0 Å². The van der Waals surface area contributed by atoms with Gasteiger partial charge in [-0.2, -0.15) is 0 Å². The molecule has 18 heavy (non-hydrogen) atoms. The van der Waals surface area contributed by atoms with Gasteiger partial charge in [0.1, 0.15) is 0 Å². The van der Waals surface area contributed by atoms with Crippen LogP contribution >= 0.6 is 0 Å². The number of likely N-dealkylation sites (tertiary alicyclic amines) is 1. The van der Waals surface area contributed by atoms with E-state index in [0.717, 1.165) is 25.9 Å². The topological polar surface area (TPSA) is 81.1 Å². The van der Waals surface area contributed by atoms with E-state index in [1.165, 1.54) is 22.4 Å². The number of nitrogens with zero attached hydrogens (tertiary/aromatic N) is 2. The smallest absolute Gasteiger partial charge is 0.411 e. The van der Waals surface area contributed by atoms with Crippen LogP contribution < -0.4 is 0 Å². The molecule has 0 atom stereocenters. The quantitative estimate of drug-likeness (QED) is 0.694. The van der Waals surface area contributed by atoms with Gasteiger partial charge in [0.2, 0.25) is 0 Å². The lowest BCUT2D eigenvalue weighted by Gasteiger charge is -2.22. The minimum Gasteiger partial charge on any atom is -0.465 e. The summed E-state index contributed by atoms with van der Waals surface area (Å²) in [5.74, 6) is 0. The van der Waals surface area contributed by atoms with Crippen molar-refractivity contribution in [2.75, 3.05) is 19.6 Å². The van der Waals surface area contributed by atoms with Crippen LogP contribution in [-0.4, -0.2) is 51.8 Å². The Bertz CT molecular complexity index is 346. The van der Waals surface area contributed by atoms with Crippen LogP contribution in [0.25, 0.3) is 0 Å². The number of hydrogen-bond donors (Lipinski definition) is 2. The van der Waals surface area contributed by atoms with Gasteiger partial charge in [-0.05, 0) is 25.3 Å². The summed E-state index contributed by atoms with van der Waals surface area (Å²) in [6.07, 6.45) is 8.40. The Kier molecular flexibility index (Phi) is 5.76. The first-order valence-corrected chi connectivity index (χ1v) is 5.92. The predicted octanol–water partition coefficient (Wildman–Crippen LogP) is 2.20. The molecule has 0 saturated carbocycles. The van der Waals surface area contributed by atoms with Gasteiger partial charge in [0.25, 0.3) is 0 Å². The SMILES string of the molecule is O=C(O)N1C=CC=CC1.O=C(O)N1CCCCC1. The van der Waals surface area contributed by atoms with Gasteiger partial charge >= 0.3 is 12.2 Å². The molecule has 0 spiro atoms. The fourth-order valence-corrected chi connectivity index (χ4v) is 1.69. The summed E-state index contributed by atoms with van der Waals surface area (Å²) in [6, 6.07) is 0. The van der Waals surface area contributed by atoms with Crippen molar-refractivity contribution in [1.82, 2.24) is 9.80 Å². The highest BCUT2D eigenvalue weighted by Gasteiger charge is 2.13. The third kappa shape index (κ3) is 4.90. The van der Waals surface area contributed by atoms with Crippen LogP contribution in [0.1, 0.15) is 19.3 Å². The summed E-state index contributed by atoms with van der Waals surface area (Å²) < 4.78 is 0. The zero-order valence-corrected chi connectivity index (χ0v) is 10.2. The monoisotopic (exact) mass is 254 g/mol. The normalized spacial score (nSPS) is 18.0. The van der Waals surface area contributed by atoms with Crippen LogP contribution in [0, 0.1) is 0 Å². The van der Waals surface area contributed by atoms with Crippen LogP contribution in [0.4, 0.5) is 9.59 Å². The number of piperidine rings is 1. The molecule has 2 amide bonds. The lowest BCUT2D eigenvalue weighted by Crippen LogP contribution is -2.34. The molecular formula is C12H18N2O4. The van der Waals surface area contributed by atoms with Gasteiger partial charge in [0.05, 0.1) is 0 Å². The van der Waals surface area contributed by atoms with Crippen molar-refractivity contribution in [3.05, 3.63) is 24.4 Å².